The van der Waals surface area contributed by atoms with Gasteiger partial charge < -0.3 is 9.85 Å². The lowest BCUT2D eigenvalue weighted by Crippen LogP contribution is -2.27. The van der Waals surface area contributed by atoms with E-state index in [0.717, 1.165) is 12.1 Å². The Bertz CT molecular complexity index is 859. The van der Waals surface area contributed by atoms with Crippen molar-refractivity contribution in [2.45, 2.75) is 25.9 Å². The average Bonchev–Trinajstić information content (AvgIpc) is 2.57. The van der Waals surface area contributed by atoms with Crippen LogP contribution in [-0.4, -0.2) is 18.9 Å². The molecule has 2 rings (SSSR count). The number of benzene rings is 2. The summed E-state index contributed by atoms with van der Waals surface area (Å²) in [7, 11) is 1.55. The minimum Gasteiger partial charge on any atom is -0.390 e. The molecule has 0 aliphatic heterocycles. The monoisotopic (exact) mass is 405 g/mol. The Kier molecular flexibility index (Phi) is 6.23. The Hall–Kier alpha value is -2.75. The van der Waals surface area contributed by atoms with Gasteiger partial charge in [-0.25, -0.2) is 5.84 Å². The van der Waals surface area contributed by atoms with Crippen molar-refractivity contribution >= 4 is 11.4 Å². The van der Waals surface area contributed by atoms with Crippen LogP contribution in [0.5, 0.6) is 0 Å². The molecule has 2 aromatic rings. The van der Waals surface area contributed by atoms with Gasteiger partial charge in [-0.1, -0.05) is 29.4 Å². The smallest absolute Gasteiger partial charge is 0.390 e. The summed E-state index contributed by atoms with van der Waals surface area (Å²) in [4.78, 5) is 4.86. The second kappa shape index (κ2) is 8.09. The van der Waals surface area contributed by atoms with Gasteiger partial charge >= 0.3 is 12.4 Å². The first kappa shape index (κ1) is 21.5. The summed E-state index contributed by atoms with van der Waals surface area (Å²) >= 11 is 0. The maximum atomic E-state index is 13.3. The SMILES string of the molecule is Cc1cccc(N(C)N)c1CON=C(c1cccc(C(F)(F)F)c1)C(F)(F)F. The van der Waals surface area contributed by atoms with Crippen LogP contribution in [0.25, 0.3) is 0 Å². The van der Waals surface area contributed by atoms with Crippen LogP contribution in [0, 0.1) is 6.92 Å². The minimum atomic E-state index is -5.01. The Morgan fingerprint density at radius 1 is 1.07 bits per heavy atom. The van der Waals surface area contributed by atoms with Crippen LogP contribution < -0.4 is 10.9 Å². The highest BCUT2D eigenvalue weighted by Crippen LogP contribution is 2.31. The molecule has 0 aliphatic carbocycles. The molecule has 0 amide bonds. The zero-order valence-corrected chi connectivity index (χ0v) is 14.9. The van der Waals surface area contributed by atoms with Crippen LogP contribution in [-0.2, 0) is 17.6 Å². The highest BCUT2D eigenvalue weighted by atomic mass is 19.4. The quantitative estimate of drug-likeness (QED) is 0.336. The number of hydrogen-bond acceptors (Lipinski definition) is 4. The topological polar surface area (TPSA) is 50.8 Å². The van der Waals surface area contributed by atoms with E-state index in [1.807, 2.05) is 0 Å². The summed E-state index contributed by atoms with van der Waals surface area (Å²) in [5.74, 6) is 5.69. The van der Waals surface area contributed by atoms with Gasteiger partial charge in [0.25, 0.3) is 0 Å². The molecule has 0 radical (unpaired) electrons. The van der Waals surface area contributed by atoms with Gasteiger partial charge in [0.05, 0.1) is 11.3 Å². The van der Waals surface area contributed by atoms with E-state index in [1.54, 1.807) is 32.2 Å². The van der Waals surface area contributed by atoms with E-state index in [9.17, 15) is 26.3 Å². The van der Waals surface area contributed by atoms with Crippen LogP contribution in [0.1, 0.15) is 22.3 Å². The summed E-state index contributed by atoms with van der Waals surface area (Å²) < 4.78 is 78.4. The van der Waals surface area contributed by atoms with Crippen LogP contribution in [0.15, 0.2) is 47.6 Å². The average molecular weight is 405 g/mol. The summed E-state index contributed by atoms with van der Waals surface area (Å²) in [6.45, 7) is 1.37. The molecule has 2 aromatic carbocycles. The normalized spacial score (nSPS) is 12.8. The van der Waals surface area contributed by atoms with Crippen molar-refractivity contribution in [3.8, 4) is 0 Å². The van der Waals surface area contributed by atoms with Crippen LogP contribution >= 0.6 is 0 Å². The number of hydrazine groups is 1. The molecule has 0 unspecified atom stereocenters. The standard InChI is InChI=1S/C18H17F6N3O/c1-11-5-3-8-15(27(2)25)14(11)10-28-26-16(18(22,23)24)12-6-4-7-13(9-12)17(19,20)21/h3-9H,10,25H2,1-2H3. The molecular weight excluding hydrogens is 388 g/mol. The molecule has 4 nitrogen and oxygen atoms in total. The van der Waals surface area contributed by atoms with Gasteiger partial charge in [-0.05, 0) is 30.7 Å². The molecule has 0 saturated carbocycles. The maximum Gasteiger partial charge on any atom is 0.437 e. The molecular formula is C18H17F6N3O. The van der Waals surface area contributed by atoms with Gasteiger partial charge in [-0.15, -0.1) is 0 Å². The fourth-order valence-corrected chi connectivity index (χ4v) is 2.48. The number of nitrogens with two attached hydrogens (primary N) is 1. The Labute approximate surface area is 157 Å². The molecule has 2 N–H and O–H groups in total. The zero-order valence-electron chi connectivity index (χ0n) is 14.9. The summed E-state index contributed by atoms with van der Waals surface area (Å²) in [6, 6.07) is 7.89. The highest BCUT2D eigenvalue weighted by molar-refractivity contribution is 6.04. The van der Waals surface area contributed by atoms with Gasteiger partial charge in [0.2, 0.25) is 0 Å². The van der Waals surface area contributed by atoms with Crippen molar-refractivity contribution < 1.29 is 31.2 Å². The number of halogens is 6. The zero-order chi connectivity index (χ0) is 21.1. The Balaban J connectivity index is 2.36. The van der Waals surface area contributed by atoms with Crippen molar-refractivity contribution in [2.75, 3.05) is 12.1 Å². The third-order valence-electron chi connectivity index (χ3n) is 3.86. The van der Waals surface area contributed by atoms with Crippen molar-refractivity contribution in [2.24, 2.45) is 11.0 Å². The predicted octanol–water partition coefficient (Wildman–Crippen LogP) is 4.81. The predicted molar refractivity (Wildman–Crippen MR) is 92.6 cm³/mol. The third kappa shape index (κ3) is 5.16. The van der Waals surface area contributed by atoms with Crippen LogP contribution in [0.4, 0.5) is 32.0 Å². The molecule has 0 bridgehead atoms. The number of aryl methyl sites for hydroxylation is 1. The van der Waals surface area contributed by atoms with Gasteiger partial charge in [0, 0.05) is 18.2 Å². The third-order valence-corrected chi connectivity index (χ3v) is 3.86. The Morgan fingerprint density at radius 3 is 2.29 bits per heavy atom. The fraction of sp³-hybridized carbons (Fsp3) is 0.278. The van der Waals surface area contributed by atoms with E-state index in [2.05, 4.69) is 5.16 Å². The molecule has 0 aliphatic rings. The second-order valence-electron chi connectivity index (χ2n) is 5.97. The fourth-order valence-electron chi connectivity index (χ4n) is 2.48. The number of rotatable bonds is 5. The summed E-state index contributed by atoms with van der Waals surface area (Å²) in [6.07, 6.45) is -9.79. The highest BCUT2D eigenvalue weighted by Gasteiger charge is 2.39. The van der Waals surface area contributed by atoms with E-state index in [-0.39, 0.29) is 6.61 Å². The van der Waals surface area contributed by atoms with Crippen LogP contribution in [0.3, 0.4) is 0 Å². The Morgan fingerprint density at radius 2 is 1.71 bits per heavy atom. The molecule has 0 heterocycles. The van der Waals surface area contributed by atoms with Gasteiger partial charge in [0.15, 0.2) is 5.71 Å². The number of hydrogen-bond donors (Lipinski definition) is 1. The van der Waals surface area contributed by atoms with Crippen molar-refractivity contribution in [1.82, 2.24) is 0 Å². The van der Waals surface area contributed by atoms with Crippen molar-refractivity contribution in [3.63, 3.8) is 0 Å². The maximum absolute atomic E-state index is 13.3. The molecule has 0 fully saturated rings. The first-order valence-electron chi connectivity index (χ1n) is 7.93. The van der Waals surface area contributed by atoms with E-state index < -0.39 is 29.2 Å². The van der Waals surface area contributed by atoms with Crippen molar-refractivity contribution in [3.05, 3.63) is 64.7 Å². The van der Waals surface area contributed by atoms with E-state index in [4.69, 9.17) is 10.7 Å². The van der Waals surface area contributed by atoms with E-state index in [0.29, 0.717) is 28.9 Å². The van der Waals surface area contributed by atoms with Gasteiger partial charge in [-0.2, -0.15) is 26.3 Å². The number of anilines is 1. The largest absolute Gasteiger partial charge is 0.437 e. The first-order chi connectivity index (χ1) is 12.9. The lowest BCUT2D eigenvalue weighted by atomic mass is 10.1. The van der Waals surface area contributed by atoms with Crippen molar-refractivity contribution in [1.29, 1.82) is 0 Å². The summed E-state index contributed by atoms with van der Waals surface area (Å²) in [5, 5.41) is 4.36. The number of oxime groups is 1. The number of nitrogens with zero attached hydrogens (tertiary/aromatic N) is 2. The minimum absolute atomic E-state index is 0.345. The second-order valence-corrected chi connectivity index (χ2v) is 5.97. The first-order valence-corrected chi connectivity index (χ1v) is 7.93. The van der Waals surface area contributed by atoms with Crippen LogP contribution in [0.2, 0.25) is 0 Å². The molecule has 0 saturated heterocycles. The van der Waals surface area contributed by atoms with Gasteiger partial charge in [-0.3, -0.25) is 0 Å². The lowest BCUT2D eigenvalue weighted by molar-refractivity contribution is -0.137. The molecule has 0 spiro atoms. The summed E-state index contributed by atoms with van der Waals surface area (Å²) in [5.41, 5.74) is -1.80. The molecule has 152 valence electrons. The molecule has 28 heavy (non-hydrogen) atoms. The molecule has 0 aromatic heterocycles. The molecule has 10 heteroatoms. The molecule has 0 atom stereocenters. The van der Waals surface area contributed by atoms with E-state index in [1.165, 1.54) is 5.01 Å². The lowest BCUT2D eigenvalue weighted by Gasteiger charge is -2.18. The van der Waals surface area contributed by atoms with E-state index >= 15 is 0 Å². The number of alkyl halides is 6. The van der Waals surface area contributed by atoms with Gasteiger partial charge in [0.1, 0.15) is 6.61 Å².